The summed E-state index contributed by atoms with van der Waals surface area (Å²) >= 11 is 3.48. The second-order valence-corrected chi connectivity index (χ2v) is 8.58. The van der Waals surface area contributed by atoms with Gasteiger partial charge in [0, 0.05) is 17.7 Å². The predicted molar refractivity (Wildman–Crippen MR) is 123 cm³/mol. The Morgan fingerprint density at radius 3 is 2.52 bits per heavy atom. The molecule has 156 valence electrons. The molecule has 0 bridgehead atoms. The zero-order chi connectivity index (χ0) is 21.3. The van der Waals surface area contributed by atoms with E-state index < -0.39 is 5.41 Å². The molecule has 4 aromatic rings. The van der Waals surface area contributed by atoms with Crippen LogP contribution in [0.2, 0.25) is 0 Å². The maximum absolute atomic E-state index is 13.4. The predicted octanol–water partition coefficient (Wildman–Crippen LogP) is 4.87. The van der Waals surface area contributed by atoms with E-state index in [1.807, 2.05) is 65.2 Å². The van der Waals surface area contributed by atoms with E-state index in [-0.39, 0.29) is 5.91 Å². The number of hydrogen-bond donors (Lipinski definition) is 1. The Labute approximate surface area is 188 Å². The van der Waals surface area contributed by atoms with Gasteiger partial charge in [-0.15, -0.1) is 0 Å². The lowest BCUT2D eigenvalue weighted by molar-refractivity contribution is -0.125. The molecule has 0 aliphatic carbocycles. The number of aromatic nitrogens is 3. The van der Waals surface area contributed by atoms with Crippen molar-refractivity contribution in [3.05, 3.63) is 83.2 Å². The number of carbonyl (C=O) groups is 1. The highest BCUT2D eigenvalue weighted by atomic mass is 79.9. The summed E-state index contributed by atoms with van der Waals surface area (Å²) in [6, 6.07) is 19.7. The quantitative estimate of drug-likeness (QED) is 0.456. The smallest absolute Gasteiger partial charge is 0.235 e. The molecule has 0 spiro atoms. The fourth-order valence-electron chi connectivity index (χ4n) is 4.13. The van der Waals surface area contributed by atoms with Gasteiger partial charge in [-0.3, -0.25) is 9.36 Å². The number of fused-ring (bicyclic) bond motifs is 1. The van der Waals surface area contributed by atoms with Crippen molar-refractivity contribution < 1.29 is 9.53 Å². The summed E-state index contributed by atoms with van der Waals surface area (Å²) in [5, 5.41) is 3.08. The number of para-hydroxylation sites is 2. The maximum atomic E-state index is 13.4. The highest BCUT2D eigenvalue weighted by Crippen LogP contribution is 2.36. The van der Waals surface area contributed by atoms with Crippen LogP contribution >= 0.6 is 15.9 Å². The van der Waals surface area contributed by atoms with E-state index >= 15 is 0 Å². The molecule has 7 heteroatoms. The van der Waals surface area contributed by atoms with E-state index in [1.165, 1.54) is 0 Å². The number of benzene rings is 2. The average Bonchev–Trinajstić information content (AvgIpc) is 3.25. The van der Waals surface area contributed by atoms with Crippen LogP contribution in [0.15, 0.2) is 77.7 Å². The number of carbonyl (C=O) groups excluding carboxylic acids is 1. The van der Waals surface area contributed by atoms with Crippen molar-refractivity contribution in [3.63, 3.8) is 0 Å². The third-order valence-corrected chi connectivity index (χ3v) is 6.41. The van der Waals surface area contributed by atoms with Gasteiger partial charge < -0.3 is 10.1 Å². The zero-order valence-electron chi connectivity index (χ0n) is 16.8. The van der Waals surface area contributed by atoms with Crippen LogP contribution in [0.4, 0.5) is 5.69 Å². The molecule has 5 rings (SSSR count). The summed E-state index contributed by atoms with van der Waals surface area (Å²) < 4.78 is 8.48. The number of rotatable bonds is 4. The van der Waals surface area contributed by atoms with Crippen LogP contribution < -0.4 is 5.32 Å². The summed E-state index contributed by atoms with van der Waals surface area (Å²) in [7, 11) is 0. The second kappa shape index (κ2) is 8.24. The first kappa shape index (κ1) is 19.9. The van der Waals surface area contributed by atoms with Crippen LogP contribution in [0.3, 0.4) is 0 Å². The number of hydrogen-bond acceptors (Lipinski definition) is 4. The van der Waals surface area contributed by atoms with Crippen molar-refractivity contribution in [1.82, 2.24) is 14.5 Å². The number of imidazole rings is 1. The lowest BCUT2D eigenvalue weighted by atomic mass is 9.73. The molecule has 3 heterocycles. The molecule has 2 aromatic heterocycles. The van der Waals surface area contributed by atoms with Gasteiger partial charge in [0.2, 0.25) is 5.91 Å². The second-order valence-electron chi connectivity index (χ2n) is 7.66. The SMILES string of the molecule is O=C(Nc1ccc(-n2cnc3ccccc32)nc1)C1(c2ccc(Br)cc2)CCOCC1. The van der Waals surface area contributed by atoms with Crippen molar-refractivity contribution >= 4 is 38.6 Å². The van der Waals surface area contributed by atoms with Gasteiger partial charge in [-0.05, 0) is 54.8 Å². The largest absolute Gasteiger partial charge is 0.381 e. The van der Waals surface area contributed by atoms with Crippen molar-refractivity contribution in [2.45, 2.75) is 18.3 Å². The van der Waals surface area contributed by atoms with Crippen molar-refractivity contribution in [3.8, 4) is 5.82 Å². The summed E-state index contributed by atoms with van der Waals surface area (Å²) in [6.07, 6.45) is 4.74. The molecule has 1 aliphatic rings. The van der Waals surface area contributed by atoms with E-state index in [1.54, 1.807) is 12.5 Å². The Morgan fingerprint density at radius 1 is 1.00 bits per heavy atom. The first-order valence-corrected chi connectivity index (χ1v) is 11.0. The molecule has 0 atom stereocenters. The van der Waals surface area contributed by atoms with E-state index in [4.69, 9.17) is 4.74 Å². The minimum absolute atomic E-state index is 0.0271. The van der Waals surface area contributed by atoms with E-state index in [2.05, 4.69) is 31.2 Å². The molecule has 2 aromatic carbocycles. The minimum atomic E-state index is -0.613. The molecule has 1 fully saturated rings. The van der Waals surface area contributed by atoms with Gasteiger partial charge in [0.25, 0.3) is 0 Å². The molecule has 0 radical (unpaired) electrons. The first-order valence-electron chi connectivity index (χ1n) is 10.2. The normalized spacial score (nSPS) is 15.6. The number of nitrogens with zero attached hydrogens (tertiary/aromatic N) is 3. The molecule has 6 nitrogen and oxygen atoms in total. The summed E-state index contributed by atoms with van der Waals surface area (Å²) in [5.74, 6) is 0.723. The van der Waals surface area contributed by atoms with Gasteiger partial charge in [0.1, 0.15) is 12.1 Å². The van der Waals surface area contributed by atoms with Crippen LogP contribution in [-0.4, -0.2) is 33.7 Å². The number of pyridine rings is 1. The van der Waals surface area contributed by atoms with Gasteiger partial charge in [0.05, 0.1) is 28.3 Å². The van der Waals surface area contributed by atoms with Crippen LogP contribution in [-0.2, 0) is 14.9 Å². The number of amides is 1. The van der Waals surface area contributed by atoms with Gasteiger partial charge in [-0.2, -0.15) is 0 Å². The Bertz CT molecular complexity index is 1210. The minimum Gasteiger partial charge on any atom is -0.381 e. The first-order chi connectivity index (χ1) is 15.2. The lowest BCUT2D eigenvalue weighted by Crippen LogP contribution is -2.44. The van der Waals surface area contributed by atoms with E-state index in [0.717, 1.165) is 26.9 Å². The Hall–Kier alpha value is -3.03. The standard InChI is InChI=1S/C24H21BrN4O2/c25-18-7-5-17(6-8-18)24(11-13-31-14-12-24)23(30)28-19-9-10-22(26-15-19)29-16-27-20-3-1-2-4-21(20)29/h1-10,15-16H,11-14H2,(H,28,30). The molecular weight excluding hydrogens is 456 g/mol. The molecular formula is C24H21BrN4O2. The summed E-state index contributed by atoms with van der Waals surface area (Å²) in [4.78, 5) is 22.4. The third-order valence-electron chi connectivity index (χ3n) is 5.88. The van der Waals surface area contributed by atoms with Crippen LogP contribution in [0, 0.1) is 0 Å². The summed E-state index contributed by atoms with van der Waals surface area (Å²) in [5.41, 5.74) is 2.96. The molecule has 1 amide bonds. The van der Waals surface area contributed by atoms with Crippen molar-refractivity contribution in [2.24, 2.45) is 0 Å². The monoisotopic (exact) mass is 476 g/mol. The lowest BCUT2D eigenvalue weighted by Gasteiger charge is -2.36. The van der Waals surface area contributed by atoms with Gasteiger partial charge in [-0.25, -0.2) is 9.97 Å². The number of ether oxygens (including phenoxy) is 1. The van der Waals surface area contributed by atoms with Crippen molar-refractivity contribution in [1.29, 1.82) is 0 Å². The van der Waals surface area contributed by atoms with Crippen LogP contribution in [0.5, 0.6) is 0 Å². The van der Waals surface area contributed by atoms with Crippen LogP contribution in [0.25, 0.3) is 16.9 Å². The van der Waals surface area contributed by atoms with Gasteiger partial charge >= 0.3 is 0 Å². The highest BCUT2D eigenvalue weighted by molar-refractivity contribution is 9.10. The number of anilines is 1. The average molecular weight is 477 g/mol. The molecule has 0 saturated carbocycles. The summed E-state index contributed by atoms with van der Waals surface area (Å²) in [6.45, 7) is 1.13. The fraction of sp³-hybridized carbons (Fsp3) is 0.208. The number of nitrogens with one attached hydrogen (secondary N) is 1. The van der Waals surface area contributed by atoms with Crippen LogP contribution in [0.1, 0.15) is 18.4 Å². The van der Waals surface area contributed by atoms with E-state index in [9.17, 15) is 4.79 Å². The molecule has 0 unspecified atom stereocenters. The van der Waals surface area contributed by atoms with Crippen molar-refractivity contribution in [2.75, 3.05) is 18.5 Å². The van der Waals surface area contributed by atoms with Gasteiger partial charge in [0.15, 0.2) is 0 Å². The topological polar surface area (TPSA) is 69.0 Å². The maximum Gasteiger partial charge on any atom is 0.235 e. The Morgan fingerprint density at radius 2 is 1.77 bits per heavy atom. The molecule has 1 N–H and O–H groups in total. The highest BCUT2D eigenvalue weighted by Gasteiger charge is 2.41. The third kappa shape index (κ3) is 3.75. The zero-order valence-corrected chi connectivity index (χ0v) is 18.4. The fourth-order valence-corrected chi connectivity index (χ4v) is 4.39. The molecule has 31 heavy (non-hydrogen) atoms. The number of halogens is 1. The van der Waals surface area contributed by atoms with E-state index in [0.29, 0.717) is 31.7 Å². The molecule has 1 saturated heterocycles. The van der Waals surface area contributed by atoms with Gasteiger partial charge in [-0.1, -0.05) is 40.2 Å². The Balaban J connectivity index is 1.40. The Kier molecular flexibility index (Phi) is 5.29. The molecule has 1 aliphatic heterocycles.